The third-order valence-electron chi connectivity index (χ3n) is 3.63. The molecule has 0 aliphatic rings. The number of benzene rings is 1. The molecule has 0 fully saturated rings. The van der Waals surface area contributed by atoms with Gasteiger partial charge in [0.05, 0.1) is 16.8 Å². The molecule has 0 bridgehead atoms. The minimum Gasteiger partial charge on any atom is -0.342 e. The molecule has 0 saturated carbocycles. The number of hydrogen-bond donors (Lipinski definition) is 1. The normalized spacial score (nSPS) is 11.3. The molecular weight excluding hydrogens is 369 g/mol. The molecule has 0 aliphatic heterocycles. The van der Waals surface area contributed by atoms with Gasteiger partial charge in [-0.2, -0.15) is 13.2 Å². The summed E-state index contributed by atoms with van der Waals surface area (Å²) in [5.41, 5.74) is -0.879. The van der Waals surface area contributed by atoms with Gasteiger partial charge in [0, 0.05) is 31.0 Å². The SMILES string of the molecule is CCCCN(C)C(=O)c1cnc(Nc2ccc(Cl)cc2C(F)(F)F)nc1. The lowest BCUT2D eigenvalue weighted by molar-refractivity contribution is -0.136. The van der Waals surface area contributed by atoms with Crippen LogP contribution < -0.4 is 5.32 Å². The number of halogens is 4. The highest BCUT2D eigenvalue weighted by atomic mass is 35.5. The number of nitrogens with one attached hydrogen (secondary N) is 1. The first-order valence-electron chi connectivity index (χ1n) is 7.93. The molecule has 1 heterocycles. The van der Waals surface area contributed by atoms with Crippen LogP contribution >= 0.6 is 11.6 Å². The van der Waals surface area contributed by atoms with Crippen molar-refractivity contribution in [3.63, 3.8) is 0 Å². The number of amides is 1. The summed E-state index contributed by atoms with van der Waals surface area (Å²) < 4.78 is 39.3. The Bertz CT molecular complexity index is 766. The maximum Gasteiger partial charge on any atom is 0.418 e. The minimum atomic E-state index is -4.58. The van der Waals surface area contributed by atoms with E-state index in [0.29, 0.717) is 6.54 Å². The molecule has 0 atom stereocenters. The fourth-order valence-electron chi connectivity index (χ4n) is 2.20. The average molecular weight is 387 g/mol. The van der Waals surface area contributed by atoms with Crippen LogP contribution in [-0.2, 0) is 6.18 Å². The Morgan fingerprint density at radius 1 is 1.27 bits per heavy atom. The number of aromatic nitrogens is 2. The van der Waals surface area contributed by atoms with Gasteiger partial charge in [-0.25, -0.2) is 9.97 Å². The maximum absolute atomic E-state index is 13.1. The molecular formula is C17H18ClF3N4O. The molecule has 140 valence electrons. The van der Waals surface area contributed by atoms with Crippen LogP contribution in [0.4, 0.5) is 24.8 Å². The van der Waals surface area contributed by atoms with Crippen LogP contribution in [0.5, 0.6) is 0 Å². The van der Waals surface area contributed by atoms with Crippen molar-refractivity contribution in [2.45, 2.75) is 25.9 Å². The van der Waals surface area contributed by atoms with E-state index in [2.05, 4.69) is 15.3 Å². The van der Waals surface area contributed by atoms with Gasteiger partial charge in [0.25, 0.3) is 5.91 Å². The van der Waals surface area contributed by atoms with E-state index in [4.69, 9.17) is 11.6 Å². The van der Waals surface area contributed by atoms with Gasteiger partial charge in [0.1, 0.15) is 0 Å². The fourth-order valence-corrected chi connectivity index (χ4v) is 2.37. The summed E-state index contributed by atoms with van der Waals surface area (Å²) in [6.07, 6.45) is -0.184. The van der Waals surface area contributed by atoms with Gasteiger partial charge < -0.3 is 10.2 Å². The van der Waals surface area contributed by atoms with Crippen molar-refractivity contribution >= 4 is 29.1 Å². The quantitative estimate of drug-likeness (QED) is 0.777. The molecule has 5 nitrogen and oxygen atoms in total. The predicted octanol–water partition coefficient (Wildman–Crippen LogP) is 4.76. The van der Waals surface area contributed by atoms with Crippen LogP contribution in [-0.4, -0.2) is 34.4 Å². The highest BCUT2D eigenvalue weighted by molar-refractivity contribution is 6.30. The Kier molecular flexibility index (Phi) is 6.42. The Hall–Kier alpha value is -2.35. The average Bonchev–Trinajstić information content (AvgIpc) is 2.60. The first kappa shape index (κ1) is 20.0. The number of carbonyl (C=O) groups excluding carboxylic acids is 1. The second-order valence-corrected chi connectivity index (χ2v) is 6.12. The highest BCUT2D eigenvalue weighted by Crippen LogP contribution is 2.37. The van der Waals surface area contributed by atoms with E-state index in [0.717, 1.165) is 18.9 Å². The molecule has 1 aromatic heterocycles. The maximum atomic E-state index is 13.1. The molecule has 0 unspecified atom stereocenters. The number of unbranched alkanes of at least 4 members (excludes halogenated alkanes) is 1. The van der Waals surface area contributed by atoms with E-state index in [1.807, 2.05) is 6.92 Å². The standard InChI is InChI=1S/C17H18ClF3N4O/c1-3-4-7-25(2)15(26)11-9-22-16(23-10-11)24-14-6-5-12(18)8-13(14)17(19,20)21/h5-6,8-10H,3-4,7H2,1-2H3,(H,22,23,24). The van der Waals surface area contributed by atoms with Crippen LogP contribution in [0.2, 0.25) is 5.02 Å². The van der Waals surface area contributed by atoms with Gasteiger partial charge in [-0.05, 0) is 24.6 Å². The first-order chi connectivity index (χ1) is 12.2. The summed E-state index contributed by atoms with van der Waals surface area (Å²) in [6, 6.07) is 3.36. The molecule has 1 N–H and O–H groups in total. The lowest BCUT2D eigenvalue weighted by Crippen LogP contribution is -2.27. The van der Waals surface area contributed by atoms with E-state index in [1.165, 1.54) is 24.5 Å². The molecule has 9 heteroatoms. The molecule has 0 aliphatic carbocycles. The second-order valence-electron chi connectivity index (χ2n) is 5.69. The summed E-state index contributed by atoms with van der Waals surface area (Å²) >= 11 is 5.65. The predicted molar refractivity (Wildman–Crippen MR) is 93.6 cm³/mol. The van der Waals surface area contributed by atoms with Crippen LogP contribution in [0.1, 0.15) is 35.7 Å². The first-order valence-corrected chi connectivity index (χ1v) is 8.31. The summed E-state index contributed by atoms with van der Waals surface area (Å²) in [7, 11) is 1.67. The Morgan fingerprint density at radius 3 is 2.50 bits per heavy atom. The van der Waals surface area contributed by atoms with E-state index in [9.17, 15) is 18.0 Å². The molecule has 0 spiro atoms. The number of hydrogen-bond acceptors (Lipinski definition) is 4. The van der Waals surface area contributed by atoms with Crippen LogP contribution in [0.3, 0.4) is 0 Å². The largest absolute Gasteiger partial charge is 0.418 e. The smallest absolute Gasteiger partial charge is 0.342 e. The van der Waals surface area contributed by atoms with Crippen LogP contribution in [0, 0.1) is 0 Å². The van der Waals surface area contributed by atoms with Crippen molar-refractivity contribution in [3.05, 3.63) is 46.7 Å². The summed E-state index contributed by atoms with van der Waals surface area (Å²) in [6.45, 7) is 2.63. The monoisotopic (exact) mass is 386 g/mol. The molecule has 2 rings (SSSR count). The summed E-state index contributed by atoms with van der Waals surface area (Å²) in [4.78, 5) is 21.6. The molecule has 1 aromatic carbocycles. The van der Waals surface area contributed by atoms with Crippen molar-refractivity contribution in [1.29, 1.82) is 0 Å². The van der Waals surface area contributed by atoms with Crippen LogP contribution in [0.15, 0.2) is 30.6 Å². The number of alkyl halides is 3. The zero-order chi connectivity index (χ0) is 19.3. The number of rotatable bonds is 6. The second kappa shape index (κ2) is 8.35. The Balaban J connectivity index is 2.17. The van der Waals surface area contributed by atoms with Gasteiger partial charge >= 0.3 is 6.18 Å². The topological polar surface area (TPSA) is 58.1 Å². The van der Waals surface area contributed by atoms with Gasteiger partial charge in [-0.15, -0.1) is 0 Å². The molecule has 0 radical (unpaired) electrons. The van der Waals surface area contributed by atoms with Crippen molar-refractivity contribution in [1.82, 2.24) is 14.9 Å². The zero-order valence-corrected chi connectivity index (χ0v) is 15.0. The van der Waals surface area contributed by atoms with Gasteiger partial charge in [-0.1, -0.05) is 24.9 Å². The van der Waals surface area contributed by atoms with Gasteiger partial charge in [-0.3, -0.25) is 4.79 Å². The number of anilines is 2. The Morgan fingerprint density at radius 2 is 1.92 bits per heavy atom. The third-order valence-corrected chi connectivity index (χ3v) is 3.86. The Labute approximate surface area is 154 Å². The molecule has 2 aromatic rings. The summed E-state index contributed by atoms with van der Waals surface area (Å²) in [5.74, 6) is -0.293. The van der Waals surface area contributed by atoms with Crippen molar-refractivity contribution in [3.8, 4) is 0 Å². The van der Waals surface area contributed by atoms with E-state index in [1.54, 1.807) is 11.9 Å². The molecule has 26 heavy (non-hydrogen) atoms. The number of carbonyl (C=O) groups is 1. The summed E-state index contributed by atoms with van der Waals surface area (Å²) in [5, 5.41) is 2.48. The van der Waals surface area contributed by atoms with Crippen molar-refractivity contribution in [2.75, 3.05) is 18.9 Å². The zero-order valence-electron chi connectivity index (χ0n) is 14.3. The van der Waals surface area contributed by atoms with Crippen molar-refractivity contribution in [2.24, 2.45) is 0 Å². The number of nitrogens with zero attached hydrogens (tertiary/aromatic N) is 3. The van der Waals surface area contributed by atoms with Gasteiger partial charge in [0.2, 0.25) is 5.95 Å². The third kappa shape index (κ3) is 5.08. The van der Waals surface area contributed by atoms with Gasteiger partial charge in [0.15, 0.2) is 0 Å². The van der Waals surface area contributed by atoms with Crippen molar-refractivity contribution < 1.29 is 18.0 Å². The fraction of sp³-hybridized carbons (Fsp3) is 0.353. The van der Waals surface area contributed by atoms with E-state index < -0.39 is 11.7 Å². The molecule has 0 saturated heterocycles. The van der Waals surface area contributed by atoms with E-state index >= 15 is 0 Å². The lowest BCUT2D eigenvalue weighted by atomic mass is 10.1. The van der Waals surface area contributed by atoms with Crippen LogP contribution in [0.25, 0.3) is 0 Å². The lowest BCUT2D eigenvalue weighted by Gasteiger charge is -2.17. The van der Waals surface area contributed by atoms with E-state index in [-0.39, 0.29) is 28.1 Å². The minimum absolute atomic E-state index is 0.0279. The molecule has 1 amide bonds. The highest BCUT2D eigenvalue weighted by Gasteiger charge is 2.34.